The van der Waals surface area contributed by atoms with Crippen molar-refractivity contribution < 1.29 is 23.8 Å². The van der Waals surface area contributed by atoms with E-state index in [2.05, 4.69) is 10.3 Å². The van der Waals surface area contributed by atoms with Crippen molar-refractivity contribution in [2.75, 3.05) is 26.8 Å². The van der Waals surface area contributed by atoms with E-state index in [4.69, 9.17) is 14.2 Å². The van der Waals surface area contributed by atoms with E-state index in [1.165, 1.54) is 0 Å². The fourth-order valence-corrected chi connectivity index (χ4v) is 4.09. The lowest BCUT2D eigenvalue weighted by Crippen LogP contribution is -2.38. The van der Waals surface area contributed by atoms with E-state index in [9.17, 15) is 9.59 Å². The van der Waals surface area contributed by atoms with Crippen LogP contribution in [0.1, 0.15) is 42.0 Å². The topological polar surface area (TPSA) is 90.0 Å². The summed E-state index contributed by atoms with van der Waals surface area (Å²) in [4.78, 5) is 30.9. The molecule has 8 heteroatoms. The van der Waals surface area contributed by atoms with Crippen LogP contribution in [0.3, 0.4) is 0 Å². The molecule has 2 fully saturated rings. The second-order valence-corrected chi connectivity index (χ2v) is 8.19. The molecular weight excluding hydrogens is 410 g/mol. The maximum atomic E-state index is 12.6. The summed E-state index contributed by atoms with van der Waals surface area (Å²) in [6.07, 6.45) is 3.61. The molecule has 2 aromatic rings. The quantitative estimate of drug-likeness (QED) is 0.680. The number of carbonyl (C=O) groups is 2. The molecule has 2 amide bonds. The lowest BCUT2D eigenvalue weighted by molar-refractivity contribution is -0.133. The first kappa shape index (κ1) is 22.1. The van der Waals surface area contributed by atoms with Crippen molar-refractivity contribution in [3.8, 4) is 11.5 Å². The van der Waals surface area contributed by atoms with E-state index in [0.717, 1.165) is 29.7 Å². The Kier molecular flexibility index (Phi) is 6.90. The van der Waals surface area contributed by atoms with Gasteiger partial charge in [-0.15, -0.1) is 0 Å². The van der Waals surface area contributed by atoms with Crippen LogP contribution in [0.25, 0.3) is 0 Å². The van der Waals surface area contributed by atoms with Crippen LogP contribution in [0, 0.1) is 6.92 Å². The molecule has 2 atom stereocenters. The highest BCUT2D eigenvalue weighted by molar-refractivity contribution is 5.86. The van der Waals surface area contributed by atoms with Crippen molar-refractivity contribution in [2.24, 2.45) is 0 Å². The Morgan fingerprint density at radius 3 is 2.94 bits per heavy atom. The van der Waals surface area contributed by atoms with Crippen LogP contribution in [-0.4, -0.2) is 54.8 Å². The van der Waals surface area contributed by atoms with Gasteiger partial charge in [0.15, 0.2) is 17.8 Å². The first-order valence-electron chi connectivity index (χ1n) is 10.9. The number of aromatic nitrogens is 1. The van der Waals surface area contributed by atoms with Gasteiger partial charge in [-0.3, -0.25) is 14.6 Å². The third-order valence-corrected chi connectivity index (χ3v) is 5.93. The number of benzene rings is 1. The molecule has 32 heavy (non-hydrogen) atoms. The summed E-state index contributed by atoms with van der Waals surface area (Å²) in [5.41, 5.74) is 2.83. The highest BCUT2D eigenvalue weighted by atomic mass is 16.7. The Morgan fingerprint density at radius 2 is 2.19 bits per heavy atom. The number of hydrogen-bond acceptors (Lipinski definition) is 6. The second-order valence-electron chi connectivity index (χ2n) is 8.19. The molecule has 170 valence electrons. The Hall–Kier alpha value is -3.13. The molecule has 2 saturated heterocycles. The molecule has 8 nitrogen and oxygen atoms in total. The van der Waals surface area contributed by atoms with Gasteiger partial charge in [-0.25, -0.2) is 0 Å². The molecule has 3 heterocycles. The molecule has 0 aliphatic carbocycles. The number of carbonyl (C=O) groups excluding carboxylic acids is 2. The number of ether oxygens (including phenoxy) is 3. The first-order chi connectivity index (χ1) is 15.5. The third kappa shape index (κ3) is 5.19. The maximum absolute atomic E-state index is 12.6. The molecule has 0 saturated carbocycles. The Morgan fingerprint density at radius 1 is 1.31 bits per heavy atom. The molecule has 0 radical (unpaired) electrons. The summed E-state index contributed by atoms with van der Waals surface area (Å²) < 4.78 is 17.0. The molecule has 2 aliphatic heterocycles. The molecule has 4 rings (SSSR count). The standard InChI is InChI=1S/C24H29N3O5/c1-16-5-3-9-25-19(16)13-26-22(28)15-27-14-18(12-23(27)29)17-7-8-20(30-2)21(11-17)32-24-6-4-10-31-24/h3,5,7-9,11,18,24H,4,6,10,12-15H2,1-2H3,(H,26,28)/t18-,24?/m1/s1. The van der Waals surface area contributed by atoms with E-state index < -0.39 is 0 Å². The fraction of sp³-hybridized carbons (Fsp3) is 0.458. The van der Waals surface area contributed by atoms with E-state index in [0.29, 0.717) is 37.6 Å². The van der Waals surface area contributed by atoms with Gasteiger partial charge in [0.2, 0.25) is 11.8 Å². The van der Waals surface area contributed by atoms with Crippen molar-refractivity contribution in [1.82, 2.24) is 15.2 Å². The zero-order valence-corrected chi connectivity index (χ0v) is 18.5. The molecule has 2 aliphatic rings. The minimum Gasteiger partial charge on any atom is -0.493 e. The third-order valence-electron chi connectivity index (χ3n) is 5.93. The van der Waals surface area contributed by atoms with Crippen LogP contribution < -0.4 is 14.8 Å². The molecule has 0 spiro atoms. The van der Waals surface area contributed by atoms with Crippen LogP contribution in [0.15, 0.2) is 36.5 Å². The molecular formula is C24H29N3O5. The van der Waals surface area contributed by atoms with Crippen molar-refractivity contribution in [3.63, 3.8) is 0 Å². The minimum absolute atomic E-state index is 0.00825. The maximum Gasteiger partial charge on any atom is 0.239 e. The molecule has 1 aromatic carbocycles. The molecule has 0 bridgehead atoms. The number of likely N-dealkylation sites (tertiary alicyclic amines) is 1. The highest BCUT2D eigenvalue weighted by Gasteiger charge is 2.32. The van der Waals surface area contributed by atoms with Crippen LogP contribution in [-0.2, 0) is 20.9 Å². The summed E-state index contributed by atoms with van der Waals surface area (Å²) in [5.74, 6) is 1.02. The SMILES string of the molecule is COc1ccc([C@@H]2CC(=O)N(CC(=O)NCc3ncccc3C)C2)cc1OC1CCCO1. The lowest BCUT2D eigenvalue weighted by atomic mass is 9.98. The van der Waals surface area contributed by atoms with Crippen LogP contribution in [0.5, 0.6) is 11.5 Å². The number of hydrogen-bond donors (Lipinski definition) is 1. The van der Waals surface area contributed by atoms with Gasteiger partial charge in [-0.1, -0.05) is 12.1 Å². The highest BCUT2D eigenvalue weighted by Crippen LogP contribution is 2.36. The van der Waals surface area contributed by atoms with Crippen LogP contribution in [0.2, 0.25) is 0 Å². The van der Waals surface area contributed by atoms with Crippen LogP contribution >= 0.6 is 0 Å². The Bertz CT molecular complexity index is 974. The van der Waals surface area contributed by atoms with Gasteiger partial charge in [-0.05, 0) is 42.7 Å². The number of nitrogens with one attached hydrogen (secondary N) is 1. The second kappa shape index (κ2) is 9.99. The molecule has 1 unspecified atom stereocenters. The van der Waals surface area contributed by atoms with E-state index >= 15 is 0 Å². The molecule has 1 N–H and O–H groups in total. The van der Waals surface area contributed by atoms with Gasteiger partial charge in [0, 0.05) is 31.5 Å². The smallest absolute Gasteiger partial charge is 0.239 e. The monoisotopic (exact) mass is 439 g/mol. The Balaban J connectivity index is 1.36. The number of rotatable bonds is 8. The van der Waals surface area contributed by atoms with E-state index in [1.54, 1.807) is 18.2 Å². The number of amides is 2. The van der Waals surface area contributed by atoms with E-state index in [-0.39, 0.29) is 30.6 Å². The van der Waals surface area contributed by atoms with Gasteiger partial charge in [0.25, 0.3) is 0 Å². The van der Waals surface area contributed by atoms with Gasteiger partial charge >= 0.3 is 0 Å². The average molecular weight is 440 g/mol. The average Bonchev–Trinajstić information content (AvgIpc) is 3.43. The zero-order valence-electron chi connectivity index (χ0n) is 18.5. The lowest BCUT2D eigenvalue weighted by Gasteiger charge is -2.19. The van der Waals surface area contributed by atoms with Gasteiger partial charge in [0.1, 0.15) is 0 Å². The fourth-order valence-electron chi connectivity index (χ4n) is 4.09. The predicted molar refractivity (Wildman–Crippen MR) is 117 cm³/mol. The van der Waals surface area contributed by atoms with Gasteiger partial charge in [-0.2, -0.15) is 0 Å². The van der Waals surface area contributed by atoms with Crippen molar-refractivity contribution >= 4 is 11.8 Å². The predicted octanol–water partition coefficient (Wildman–Crippen LogP) is 2.55. The number of pyridine rings is 1. The number of methoxy groups -OCH3 is 1. The van der Waals surface area contributed by atoms with E-state index in [1.807, 2.05) is 37.3 Å². The largest absolute Gasteiger partial charge is 0.493 e. The van der Waals surface area contributed by atoms with Crippen LogP contribution in [0.4, 0.5) is 0 Å². The first-order valence-corrected chi connectivity index (χ1v) is 10.9. The summed E-state index contributed by atoms with van der Waals surface area (Å²) in [5, 5.41) is 2.86. The molecule has 1 aromatic heterocycles. The summed E-state index contributed by atoms with van der Waals surface area (Å²) in [7, 11) is 1.60. The zero-order chi connectivity index (χ0) is 22.5. The van der Waals surface area contributed by atoms with Gasteiger partial charge < -0.3 is 24.4 Å². The summed E-state index contributed by atoms with van der Waals surface area (Å²) in [6.45, 7) is 3.52. The van der Waals surface area contributed by atoms with Crippen molar-refractivity contribution in [3.05, 3.63) is 53.3 Å². The normalized spacial score (nSPS) is 20.4. The number of nitrogens with zero attached hydrogens (tertiary/aromatic N) is 2. The number of aryl methyl sites for hydroxylation is 1. The van der Waals surface area contributed by atoms with Crippen molar-refractivity contribution in [1.29, 1.82) is 0 Å². The van der Waals surface area contributed by atoms with Crippen molar-refractivity contribution in [2.45, 2.75) is 44.9 Å². The summed E-state index contributed by atoms with van der Waals surface area (Å²) >= 11 is 0. The van der Waals surface area contributed by atoms with Gasteiger partial charge in [0.05, 0.1) is 32.5 Å². The Labute approximate surface area is 187 Å². The summed E-state index contributed by atoms with van der Waals surface area (Å²) in [6, 6.07) is 9.54. The minimum atomic E-state index is -0.271.